The van der Waals surface area contributed by atoms with E-state index in [2.05, 4.69) is 35.7 Å². The summed E-state index contributed by atoms with van der Waals surface area (Å²) in [5, 5.41) is 13.0. The van der Waals surface area contributed by atoms with Crippen LogP contribution in [0.3, 0.4) is 0 Å². The molecule has 0 amide bonds. The van der Waals surface area contributed by atoms with Gasteiger partial charge in [0.25, 0.3) is 0 Å². The lowest BCUT2D eigenvalue weighted by atomic mass is 9.88. The summed E-state index contributed by atoms with van der Waals surface area (Å²) in [6.45, 7) is 0. The van der Waals surface area contributed by atoms with E-state index in [1.807, 2.05) is 6.07 Å². The highest BCUT2D eigenvalue weighted by atomic mass is 35.5. The van der Waals surface area contributed by atoms with Crippen LogP contribution in [0.5, 0.6) is 0 Å². The van der Waals surface area contributed by atoms with E-state index in [9.17, 15) is 0 Å². The number of nitrogens with zero attached hydrogens (tertiary/aromatic N) is 1. The van der Waals surface area contributed by atoms with Crippen LogP contribution in [-0.2, 0) is 12.8 Å². The predicted molar refractivity (Wildman–Crippen MR) is 82.0 cm³/mol. The maximum Gasteiger partial charge on any atom is 0.0992 e. The van der Waals surface area contributed by atoms with Gasteiger partial charge in [-0.1, -0.05) is 35.9 Å². The van der Waals surface area contributed by atoms with Crippen molar-refractivity contribution >= 4 is 17.3 Å². The van der Waals surface area contributed by atoms with Crippen molar-refractivity contribution in [3.05, 3.63) is 64.2 Å². The maximum atomic E-state index is 8.85. The Labute approximate surface area is 124 Å². The van der Waals surface area contributed by atoms with Gasteiger partial charge in [-0.15, -0.1) is 0 Å². The van der Waals surface area contributed by atoms with Crippen LogP contribution in [0.2, 0.25) is 5.02 Å². The van der Waals surface area contributed by atoms with Gasteiger partial charge in [0.05, 0.1) is 22.3 Å². The van der Waals surface area contributed by atoms with Crippen molar-refractivity contribution < 1.29 is 0 Å². The fourth-order valence-corrected chi connectivity index (χ4v) is 2.98. The van der Waals surface area contributed by atoms with Crippen molar-refractivity contribution in [1.29, 1.82) is 5.26 Å². The van der Waals surface area contributed by atoms with Crippen LogP contribution >= 0.6 is 11.6 Å². The molecular weight excluding hydrogens is 268 g/mol. The summed E-state index contributed by atoms with van der Waals surface area (Å²) in [7, 11) is 0. The first-order valence-electron chi connectivity index (χ1n) is 6.79. The van der Waals surface area contributed by atoms with E-state index >= 15 is 0 Å². The molecule has 1 unspecified atom stereocenters. The van der Waals surface area contributed by atoms with E-state index in [-0.39, 0.29) is 0 Å². The molecule has 2 aromatic rings. The predicted octanol–water partition coefficient (Wildman–Crippen LogP) is 4.18. The molecule has 1 N–H and O–H groups in total. The van der Waals surface area contributed by atoms with Crippen LogP contribution in [-0.4, -0.2) is 6.04 Å². The van der Waals surface area contributed by atoms with Crippen LogP contribution in [0.1, 0.15) is 23.1 Å². The molecular formula is C17H15ClN2. The van der Waals surface area contributed by atoms with E-state index in [0.29, 0.717) is 16.6 Å². The second kappa shape index (κ2) is 5.56. The third-order valence-electron chi connectivity index (χ3n) is 3.80. The Hall–Kier alpha value is -1.98. The molecule has 3 rings (SSSR count). The second-order valence-corrected chi connectivity index (χ2v) is 5.57. The highest BCUT2D eigenvalue weighted by Crippen LogP contribution is 2.27. The zero-order chi connectivity index (χ0) is 13.9. The number of benzene rings is 2. The molecule has 0 spiro atoms. The number of halogens is 1. The van der Waals surface area contributed by atoms with E-state index in [4.69, 9.17) is 16.9 Å². The van der Waals surface area contributed by atoms with Gasteiger partial charge in [-0.2, -0.15) is 5.26 Å². The molecule has 1 aliphatic rings. The van der Waals surface area contributed by atoms with E-state index in [0.717, 1.165) is 24.9 Å². The van der Waals surface area contributed by atoms with E-state index < -0.39 is 0 Å². The third-order valence-corrected chi connectivity index (χ3v) is 4.12. The van der Waals surface area contributed by atoms with Gasteiger partial charge in [0.2, 0.25) is 0 Å². The summed E-state index contributed by atoms with van der Waals surface area (Å²) in [6.07, 6.45) is 3.22. The lowest BCUT2D eigenvalue weighted by Gasteiger charge is -2.26. The molecule has 0 radical (unpaired) electrons. The molecule has 0 saturated heterocycles. The molecule has 0 saturated carbocycles. The Morgan fingerprint density at radius 1 is 1.15 bits per heavy atom. The first kappa shape index (κ1) is 13.0. The number of nitrogens with one attached hydrogen (secondary N) is 1. The van der Waals surface area contributed by atoms with Gasteiger partial charge in [-0.25, -0.2) is 0 Å². The first-order chi connectivity index (χ1) is 9.76. The maximum absolute atomic E-state index is 8.85. The zero-order valence-electron chi connectivity index (χ0n) is 11.1. The Balaban J connectivity index is 1.75. The quantitative estimate of drug-likeness (QED) is 0.897. The SMILES string of the molecule is N#Cc1ccc(NC2CCc3ccccc3C2)c(Cl)c1. The van der Waals surface area contributed by atoms with Crippen LogP contribution < -0.4 is 5.32 Å². The fraction of sp³-hybridized carbons (Fsp3) is 0.235. The number of aryl methyl sites for hydroxylation is 1. The first-order valence-corrected chi connectivity index (χ1v) is 7.17. The molecule has 3 heteroatoms. The molecule has 0 heterocycles. The second-order valence-electron chi connectivity index (χ2n) is 5.16. The largest absolute Gasteiger partial charge is 0.381 e. The number of nitriles is 1. The molecule has 1 aliphatic carbocycles. The lowest BCUT2D eigenvalue weighted by Crippen LogP contribution is -2.27. The smallest absolute Gasteiger partial charge is 0.0992 e. The van der Waals surface area contributed by atoms with Gasteiger partial charge in [0.1, 0.15) is 0 Å². The third kappa shape index (κ3) is 2.64. The highest BCUT2D eigenvalue weighted by Gasteiger charge is 2.18. The number of hydrogen-bond acceptors (Lipinski definition) is 2. The summed E-state index contributed by atoms with van der Waals surface area (Å²) in [5.74, 6) is 0. The van der Waals surface area contributed by atoms with Crippen LogP contribution in [0.15, 0.2) is 42.5 Å². The standard InChI is InChI=1S/C17H15ClN2/c18-16-9-12(11-19)5-8-17(16)20-15-7-6-13-3-1-2-4-14(13)10-15/h1-5,8-9,15,20H,6-7,10H2. The van der Waals surface area contributed by atoms with Crippen molar-refractivity contribution in [1.82, 2.24) is 0 Å². The van der Waals surface area contributed by atoms with E-state index in [1.165, 1.54) is 11.1 Å². The number of hydrogen-bond donors (Lipinski definition) is 1. The Kier molecular flexibility index (Phi) is 3.62. The summed E-state index contributed by atoms with van der Waals surface area (Å²) in [6, 6.07) is 16.5. The highest BCUT2D eigenvalue weighted by molar-refractivity contribution is 6.33. The van der Waals surface area contributed by atoms with Gasteiger partial charge in [0.15, 0.2) is 0 Å². The van der Waals surface area contributed by atoms with Gasteiger partial charge in [0, 0.05) is 6.04 Å². The van der Waals surface area contributed by atoms with Crippen molar-refractivity contribution in [3.63, 3.8) is 0 Å². The summed E-state index contributed by atoms with van der Waals surface area (Å²) < 4.78 is 0. The molecule has 100 valence electrons. The van der Waals surface area contributed by atoms with Crippen molar-refractivity contribution in [3.8, 4) is 6.07 Å². The van der Waals surface area contributed by atoms with Crippen LogP contribution in [0.25, 0.3) is 0 Å². The number of fused-ring (bicyclic) bond motifs is 1. The van der Waals surface area contributed by atoms with Crippen LogP contribution in [0.4, 0.5) is 5.69 Å². The summed E-state index contributed by atoms with van der Waals surface area (Å²) in [4.78, 5) is 0. The van der Waals surface area contributed by atoms with Crippen molar-refractivity contribution in [2.75, 3.05) is 5.32 Å². The topological polar surface area (TPSA) is 35.8 Å². The average Bonchev–Trinajstić information content (AvgIpc) is 2.49. The normalized spacial score (nSPS) is 17.1. The number of rotatable bonds is 2. The molecule has 0 aliphatic heterocycles. The Bertz CT molecular complexity index is 673. The van der Waals surface area contributed by atoms with Crippen LogP contribution in [0, 0.1) is 11.3 Å². The Morgan fingerprint density at radius 3 is 2.70 bits per heavy atom. The summed E-state index contributed by atoms with van der Waals surface area (Å²) >= 11 is 6.21. The number of anilines is 1. The average molecular weight is 283 g/mol. The van der Waals surface area contributed by atoms with Gasteiger partial charge in [-0.3, -0.25) is 0 Å². The zero-order valence-corrected chi connectivity index (χ0v) is 11.8. The van der Waals surface area contributed by atoms with Gasteiger partial charge in [-0.05, 0) is 48.6 Å². The molecule has 2 nitrogen and oxygen atoms in total. The van der Waals surface area contributed by atoms with Crippen molar-refractivity contribution in [2.45, 2.75) is 25.3 Å². The molecule has 0 aromatic heterocycles. The lowest BCUT2D eigenvalue weighted by molar-refractivity contribution is 0.611. The minimum Gasteiger partial charge on any atom is -0.381 e. The van der Waals surface area contributed by atoms with Gasteiger partial charge >= 0.3 is 0 Å². The molecule has 0 bridgehead atoms. The van der Waals surface area contributed by atoms with Crippen molar-refractivity contribution in [2.24, 2.45) is 0 Å². The monoisotopic (exact) mass is 282 g/mol. The molecule has 20 heavy (non-hydrogen) atoms. The minimum atomic E-state index is 0.398. The van der Waals surface area contributed by atoms with Gasteiger partial charge < -0.3 is 5.32 Å². The molecule has 0 fully saturated rings. The fourth-order valence-electron chi connectivity index (χ4n) is 2.74. The molecule has 2 aromatic carbocycles. The minimum absolute atomic E-state index is 0.398. The summed E-state index contributed by atoms with van der Waals surface area (Å²) in [5.41, 5.74) is 4.38. The Morgan fingerprint density at radius 2 is 1.95 bits per heavy atom. The van der Waals surface area contributed by atoms with E-state index in [1.54, 1.807) is 12.1 Å². The molecule has 1 atom stereocenters.